The molecule has 0 radical (unpaired) electrons. The van der Waals surface area contributed by atoms with Crippen LogP contribution in [-0.2, 0) is 6.42 Å². The van der Waals surface area contributed by atoms with Gasteiger partial charge < -0.3 is 5.11 Å². The van der Waals surface area contributed by atoms with E-state index in [-0.39, 0.29) is 0 Å². The molecular weight excluding hydrogens is 208 g/mol. The summed E-state index contributed by atoms with van der Waals surface area (Å²) < 4.78 is 0. The van der Waals surface area contributed by atoms with Gasteiger partial charge in [-0.1, -0.05) is 68.9 Å². The number of aliphatic hydroxyl groups is 1. The summed E-state index contributed by atoms with van der Waals surface area (Å²) in [5.41, 5.74) is 1.47. The van der Waals surface area contributed by atoms with E-state index in [0.29, 0.717) is 6.61 Å². The molecule has 1 aromatic carbocycles. The maximum absolute atomic E-state index is 8.65. The van der Waals surface area contributed by atoms with Crippen molar-refractivity contribution in [3.8, 4) is 0 Å². The van der Waals surface area contributed by atoms with Crippen LogP contribution in [0.4, 0.5) is 0 Å². The molecule has 1 rings (SSSR count). The van der Waals surface area contributed by atoms with Crippen LogP contribution in [0.1, 0.15) is 56.9 Å². The van der Waals surface area contributed by atoms with Crippen LogP contribution in [0, 0.1) is 0 Å². The van der Waals surface area contributed by atoms with E-state index in [2.05, 4.69) is 30.3 Å². The van der Waals surface area contributed by atoms with Gasteiger partial charge in [0.15, 0.2) is 0 Å². The molecule has 0 saturated carbocycles. The first-order chi connectivity index (χ1) is 8.43. The van der Waals surface area contributed by atoms with Crippen LogP contribution in [0.2, 0.25) is 0 Å². The molecule has 0 aliphatic rings. The number of hydrogen-bond acceptors (Lipinski definition) is 1. The maximum atomic E-state index is 8.65. The Morgan fingerprint density at radius 1 is 0.647 bits per heavy atom. The number of benzene rings is 1. The van der Waals surface area contributed by atoms with E-state index in [4.69, 9.17) is 5.11 Å². The molecule has 17 heavy (non-hydrogen) atoms. The van der Waals surface area contributed by atoms with E-state index in [1.54, 1.807) is 0 Å². The molecule has 0 fully saturated rings. The summed E-state index contributed by atoms with van der Waals surface area (Å²) in [7, 11) is 0. The predicted molar refractivity (Wildman–Crippen MR) is 74.2 cm³/mol. The van der Waals surface area contributed by atoms with Crippen molar-refractivity contribution in [1.29, 1.82) is 0 Å². The van der Waals surface area contributed by atoms with Gasteiger partial charge in [-0.2, -0.15) is 0 Å². The number of unbranched alkanes of at least 4 members (excludes halogenated alkanes) is 7. The van der Waals surface area contributed by atoms with E-state index in [0.717, 1.165) is 6.42 Å². The average Bonchev–Trinajstić information content (AvgIpc) is 2.38. The summed E-state index contributed by atoms with van der Waals surface area (Å²) >= 11 is 0. The van der Waals surface area contributed by atoms with Gasteiger partial charge in [-0.25, -0.2) is 0 Å². The van der Waals surface area contributed by atoms with Crippen LogP contribution < -0.4 is 0 Å². The van der Waals surface area contributed by atoms with Crippen molar-refractivity contribution in [2.75, 3.05) is 6.61 Å². The number of aliphatic hydroxyl groups excluding tert-OH is 1. The first-order valence-electron chi connectivity index (χ1n) is 7.08. The van der Waals surface area contributed by atoms with Crippen molar-refractivity contribution in [3.63, 3.8) is 0 Å². The van der Waals surface area contributed by atoms with Crippen LogP contribution >= 0.6 is 0 Å². The van der Waals surface area contributed by atoms with Crippen molar-refractivity contribution in [2.24, 2.45) is 0 Å². The maximum Gasteiger partial charge on any atom is 0.0431 e. The summed E-state index contributed by atoms with van der Waals surface area (Å²) in [6, 6.07) is 10.8. The van der Waals surface area contributed by atoms with Crippen molar-refractivity contribution >= 4 is 0 Å². The third-order valence-electron chi connectivity index (χ3n) is 3.22. The van der Waals surface area contributed by atoms with Crippen molar-refractivity contribution in [3.05, 3.63) is 35.9 Å². The van der Waals surface area contributed by atoms with Gasteiger partial charge in [0, 0.05) is 6.61 Å². The van der Waals surface area contributed by atoms with E-state index in [1.807, 2.05) is 0 Å². The minimum atomic E-state index is 0.358. The molecule has 96 valence electrons. The molecule has 1 N–H and O–H groups in total. The second kappa shape index (κ2) is 10.3. The molecule has 0 bridgehead atoms. The molecule has 0 saturated heterocycles. The molecular formula is C16H26O. The summed E-state index contributed by atoms with van der Waals surface area (Å²) in [4.78, 5) is 0. The second-order valence-electron chi connectivity index (χ2n) is 4.79. The van der Waals surface area contributed by atoms with E-state index >= 15 is 0 Å². The van der Waals surface area contributed by atoms with E-state index in [1.165, 1.54) is 56.9 Å². The molecule has 0 aliphatic heterocycles. The minimum Gasteiger partial charge on any atom is -0.396 e. The lowest BCUT2D eigenvalue weighted by molar-refractivity contribution is 0.282. The fourth-order valence-electron chi connectivity index (χ4n) is 2.15. The topological polar surface area (TPSA) is 20.2 Å². The Morgan fingerprint density at radius 2 is 1.18 bits per heavy atom. The molecule has 1 aromatic rings. The van der Waals surface area contributed by atoms with Crippen molar-refractivity contribution in [2.45, 2.75) is 57.8 Å². The van der Waals surface area contributed by atoms with Gasteiger partial charge in [-0.3, -0.25) is 0 Å². The first-order valence-corrected chi connectivity index (χ1v) is 7.08. The normalized spacial score (nSPS) is 10.6. The number of aryl methyl sites for hydroxylation is 1. The van der Waals surface area contributed by atoms with Crippen LogP contribution in [-0.4, -0.2) is 11.7 Å². The largest absolute Gasteiger partial charge is 0.396 e. The van der Waals surface area contributed by atoms with Gasteiger partial charge in [-0.05, 0) is 24.8 Å². The third-order valence-corrected chi connectivity index (χ3v) is 3.22. The Hall–Kier alpha value is -0.820. The molecule has 0 amide bonds. The lowest BCUT2D eigenvalue weighted by Gasteiger charge is -2.02. The SMILES string of the molecule is OCCCCCCCCCCc1ccccc1. The lowest BCUT2D eigenvalue weighted by Crippen LogP contribution is -1.86. The van der Waals surface area contributed by atoms with Gasteiger partial charge >= 0.3 is 0 Å². The summed E-state index contributed by atoms with van der Waals surface area (Å²) in [5.74, 6) is 0. The van der Waals surface area contributed by atoms with E-state index < -0.39 is 0 Å². The fourth-order valence-corrected chi connectivity index (χ4v) is 2.15. The predicted octanol–water partition coefficient (Wildman–Crippen LogP) is 4.34. The first kappa shape index (κ1) is 14.2. The van der Waals surface area contributed by atoms with Crippen LogP contribution in [0.25, 0.3) is 0 Å². The standard InChI is InChI=1S/C16H26O/c17-15-11-6-4-2-1-3-5-8-12-16-13-9-7-10-14-16/h7,9-10,13-14,17H,1-6,8,11-12,15H2. The molecule has 0 heterocycles. The monoisotopic (exact) mass is 234 g/mol. The molecule has 1 heteroatoms. The average molecular weight is 234 g/mol. The zero-order valence-electron chi connectivity index (χ0n) is 10.9. The fraction of sp³-hybridized carbons (Fsp3) is 0.625. The summed E-state index contributed by atoms with van der Waals surface area (Å²) in [6.45, 7) is 0.358. The minimum absolute atomic E-state index is 0.358. The molecule has 0 aliphatic carbocycles. The van der Waals surface area contributed by atoms with Crippen molar-refractivity contribution < 1.29 is 5.11 Å². The van der Waals surface area contributed by atoms with Gasteiger partial charge in [0.2, 0.25) is 0 Å². The van der Waals surface area contributed by atoms with Crippen molar-refractivity contribution in [1.82, 2.24) is 0 Å². The molecule has 0 atom stereocenters. The lowest BCUT2D eigenvalue weighted by atomic mass is 10.0. The van der Waals surface area contributed by atoms with Gasteiger partial charge in [0.25, 0.3) is 0 Å². The second-order valence-corrected chi connectivity index (χ2v) is 4.79. The summed E-state index contributed by atoms with van der Waals surface area (Å²) in [6.07, 6.45) is 11.4. The highest BCUT2D eigenvalue weighted by Crippen LogP contribution is 2.11. The molecule has 1 nitrogen and oxygen atoms in total. The van der Waals surface area contributed by atoms with E-state index in [9.17, 15) is 0 Å². The molecule has 0 unspecified atom stereocenters. The van der Waals surface area contributed by atoms with Crippen LogP contribution in [0.5, 0.6) is 0 Å². The Morgan fingerprint density at radius 3 is 1.76 bits per heavy atom. The molecule has 0 aromatic heterocycles. The number of rotatable bonds is 10. The zero-order chi connectivity index (χ0) is 12.2. The quantitative estimate of drug-likeness (QED) is 0.597. The van der Waals surface area contributed by atoms with Crippen LogP contribution in [0.3, 0.4) is 0 Å². The Balaban J connectivity index is 1.85. The molecule has 0 spiro atoms. The number of hydrogen-bond donors (Lipinski definition) is 1. The van der Waals surface area contributed by atoms with Gasteiger partial charge in [0.05, 0.1) is 0 Å². The Kier molecular flexibility index (Phi) is 8.66. The van der Waals surface area contributed by atoms with Gasteiger partial charge in [0.1, 0.15) is 0 Å². The van der Waals surface area contributed by atoms with Crippen LogP contribution in [0.15, 0.2) is 30.3 Å². The summed E-state index contributed by atoms with van der Waals surface area (Å²) in [5, 5.41) is 8.65. The zero-order valence-corrected chi connectivity index (χ0v) is 10.9. The van der Waals surface area contributed by atoms with Gasteiger partial charge in [-0.15, -0.1) is 0 Å². The Bertz CT molecular complexity index is 255. The highest BCUT2D eigenvalue weighted by molar-refractivity contribution is 5.14. The highest BCUT2D eigenvalue weighted by Gasteiger charge is 1.93. The smallest absolute Gasteiger partial charge is 0.0431 e. The third kappa shape index (κ3) is 7.98. The highest BCUT2D eigenvalue weighted by atomic mass is 16.2. The Labute approximate surface area is 106 Å².